The number of halogens is 5. The number of fused-ring (bicyclic) bond motifs is 2. The number of aliphatic carboxylic acids is 1. The number of piperazine rings is 1. The van der Waals surface area contributed by atoms with Gasteiger partial charge in [0.25, 0.3) is 11.8 Å². The number of aryl methyl sites for hydroxylation is 1. The molecule has 0 bridgehead atoms. The molecule has 2 amide bonds. The number of carbonyl (C=O) groups is 4. The Morgan fingerprint density at radius 3 is 2.48 bits per heavy atom. The summed E-state index contributed by atoms with van der Waals surface area (Å²) >= 11 is 2.12. The van der Waals surface area contributed by atoms with E-state index < -0.39 is 88.7 Å². The van der Waals surface area contributed by atoms with Crippen LogP contribution >= 0.6 is 47.9 Å². The summed E-state index contributed by atoms with van der Waals surface area (Å²) < 4.78 is 51.3. The molecular weight excluding hydrogens is 804 g/mol. The van der Waals surface area contributed by atoms with Crippen molar-refractivity contribution in [3.05, 3.63) is 62.0 Å². The number of β-lactam (4-membered cyclic amide) rings is 1. The summed E-state index contributed by atoms with van der Waals surface area (Å²) in [6, 6.07) is -0.345. The van der Waals surface area contributed by atoms with Crippen molar-refractivity contribution in [2.24, 2.45) is 5.16 Å². The molecule has 0 saturated carbocycles. The lowest BCUT2D eigenvalue weighted by Gasteiger charge is -2.49. The smallest absolute Gasteiger partial charge is 0.352 e. The van der Waals surface area contributed by atoms with Crippen LogP contribution in [-0.4, -0.2) is 125 Å². The Morgan fingerprint density at radius 2 is 1.87 bits per heavy atom. The van der Waals surface area contributed by atoms with Gasteiger partial charge in [0.1, 0.15) is 60.3 Å². The molecule has 5 heterocycles. The van der Waals surface area contributed by atoms with Gasteiger partial charge in [-0.1, -0.05) is 5.16 Å². The van der Waals surface area contributed by atoms with Crippen molar-refractivity contribution in [1.29, 1.82) is 0 Å². The summed E-state index contributed by atoms with van der Waals surface area (Å²) in [5.74, 6) is -6.54. The summed E-state index contributed by atoms with van der Waals surface area (Å²) in [5, 5.41) is 16.5. The van der Waals surface area contributed by atoms with E-state index in [1.807, 2.05) is 11.9 Å². The van der Waals surface area contributed by atoms with Gasteiger partial charge in [0.15, 0.2) is 16.7 Å². The molecule has 2 saturated heterocycles. The van der Waals surface area contributed by atoms with E-state index in [2.05, 4.69) is 15.5 Å². The van der Waals surface area contributed by atoms with Crippen LogP contribution in [0, 0.1) is 11.6 Å². The third-order valence-electron chi connectivity index (χ3n) is 8.67. The van der Waals surface area contributed by atoms with E-state index in [9.17, 15) is 33.5 Å². The number of nitrogens with zero attached hydrogens (tertiary/aromatic N) is 6. The number of pyridine rings is 1. The number of amides is 2. The minimum atomic E-state index is -1.52. The molecule has 23 heteroatoms. The average molecular weight is 838 g/mol. The number of alkyl halides is 1. The Hall–Kier alpha value is -4.57. The van der Waals surface area contributed by atoms with Crippen molar-refractivity contribution in [2.75, 3.05) is 70.0 Å². The molecule has 54 heavy (non-hydrogen) atoms. The molecule has 3 aliphatic heterocycles. The Morgan fingerprint density at radius 1 is 1.17 bits per heavy atom. The van der Waals surface area contributed by atoms with Crippen LogP contribution in [0.2, 0.25) is 0 Å². The van der Waals surface area contributed by atoms with Crippen LogP contribution < -0.4 is 21.4 Å². The Kier molecular flexibility index (Phi) is 13.5. The first kappa shape index (κ1) is 42.2. The third kappa shape index (κ3) is 7.81. The first-order valence-corrected chi connectivity index (χ1v) is 17.5. The van der Waals surface area contributed by atoms with Gasteiger partial charge in [-0.15, -0.1) is 47.9 Å². The van der Waals surface area contributed by atoms with Crippen LogP contribution in [0.15, 0.2) is 38.9 Å². The standard InChI is InChI=1S/C31H31F3N8O8S2.2ClH/c1-39-5-7-40(8-6-39)24-17(33)9-15-23(19(24)34)41(4-3-32)10-16(25(15)43)30(48)50-11-14-12-51-28-21(27(45)42(28)22(14)29(46)47)37-26(44)20(38-49-2)18-13-52-31(35)36-18;;/h9-10,13,21,28H,3-8,11-12H2,1-2H3,(H2,35,36)(H,37,44)(H,46,47);2*1H/b38-20-;;/t21-,28-;;/m1../s1. The number of likely N-dealkylation sites (N-methyl/N-ethyl adjacent to an activating group) is 1. The number of hydrogen-bond donors (Lipinski definition) is 3. The number of benzene rings is 1. The van der Waals surface area contributed by atoms with Crippen molar-refractivity contribution in [3.63, 3.8) is 0 Å². The van der Waals surface area contributed by atoms with Gasteiger partial charge in [-0.2, -0.15) is 0 Å². The lowest BCUT2D eigenvalue weighted by Crippen LogP contribution is -2.71. The second-order valence-corrected chi connectivity index (χ2v) is 13.8. The molecule has 3 aliphatic rings. The number of hydrogen-bond acceptors (Lipinski definition) is 14. The number of nitrogens with one attached hydrogen (secondary N) is 1. The molecule has 0 spiro atoms. The van der Waals surface area contributed by atoms with E-state index in [1.54, 1.807) is 0 Å². The van der Waals surface area contributed by atoms with Crippen LogP contribution in [0.25, 0.3) is 10.9 Å². The molecule has 0 radical (unpaired) electrons. The number of nitrogens with two attached hydrogens (primary N) is 1. The Labute approximate surface area is 324 Å². The highest BCUT2D eigenvalue weighted by Crippen LogP contribution is 2.40. The van der Waals surface area contributed by atoms with Gasteiger partial charge >= 0.3 is 11.9 Å². The molecular formula is C31H33Cl2F3N8O8S2. The molecule has 16 nitrogen and oxygen atoms in total. The van der Waals surface area contributed by atoms with E-state index in [0.717, 1.165) is 44.8 Å². The van der Waals surface area contributed by atoms with E-state index in [4.69, 9.17) is 15.3 Å². The lowest BCUT2D eigenvalue weighted by molar-refractivity contribution is -0.150. The number of nitrogen functional groups attached to an aromatic ring is 1. The Bertz CT molecular complexity index is 2110. The average Bonchev–Trinajstić information content (AvgIpc) is 3.55. The van der Waals surface area contributed by atoms with Gasteiger partial charge in [0.2, 0.25) is 5.43 Å². The van der Waals surface area contributed by atoms with Crippen LogP contribution in [0.5, 0.6) is 0 Å². The topological polar surface area (TPSA) is 202 Å². The second kappa shape index (κ2) is 17.3. The lowest BCUT2D eigenvalue weighted by atomic mass is 10.0. The minimum Gasteiger partial charge on any atom is -0.477 e. The monoisotopic (exact) mass is 836 g/mol. The van der Waals surface area contributed by atoms with E-state index in [-0.39, 0.29) is 63.9 Å². The Balaban J connectivity index is 0.00000325. The van der Waals surface area contributed by atoms with Crippen LogP contribution in [-0.2, 0) is 30.5 Å². The number of carbonyl (C=O) groups excluding carboxylic acids is 3. The number of aromatic nitrogens is 2. The van der Waals surface area contributed by atoms with Gasteiger partial charge in [-0.25, -0.2) is 27.7 Å². The maximum atomic E-state index is 15.9. The van der Waals surface area contributed by atoms with Crippen molar-refractivity contribution < 1.29 is 47.0 Å². The van der Waals surface area contributed by atoms with E-state index in [1.165, 1.54) is 17.4 Å². The van der Waals surface area contributed by atoms with Gasteiger partial charge in [-0.3, -0.25) is 19.3 Å². The highest BCUT2D eigenvalue weighted by atomic mass is 35.5. The van der Waals surface area contributed by atoms with Crippen molar-refractivity contribution >= 4 is 99.1 Å². The molecule has 292 valence electrons. The third-order valence-corrected chi connectivity index (χ3v) is 10.7. The fraction of sp³-hybridized carbons (Fsp3) is 0.387. The zero-order chi connectivity index (χ0) is 37.4. The maximum absolute atomic E-state index is 15.9. The number of ether oxygens (including phenoxy) is 1. The van der Waals surface area contributed by atoms with Crippen molar-refractivity contribution in [2.45, 2.75) is 18.0 Å². The number of thiazole rings is 1. The molecule has 6 rings (SSSR count). The molecule has 2 fully saturated rings. The minimum absolute atomic E-state index is 0. The number of carboxylic acid groups (broad SMARTS) is 1. The molecule has 1 aromatic carbocycles. The van der Waals surface area contributed by atoms with Gasteiger partial charge in [0.05, 0.1) is 17.4 Å². The number of oxime groups is 1. The number of rotatable bonds is 11. The SMILES string of the molecule is CO/N=C(\C(=O)N[C@@H]1C(=O)N2C(C(=O)O)=C(COC(=O)c3cn(CCF)c4c(F)c(N5CCN(C)CC5)c(F)cc4c3=O)CS[C@H]12)c1csc(N)n1.Cl.Cl. The van der Waals surface area contributed by atoms with Crippen molar-refractivity contribution in [3.8, 4) is 0 Å². The summed E-state index contributed by atoms with van der Waals surface area (Å²) in [4.78, 5) is 78.4. The molecule has 0 aliphatic carbocycles. The highest BCUT2D eigenvalue weighted by Gasteiger charge is 2.54. The fourth-order valence-electron chi connectivity index (χ4n) is 6.14. The predicted octanol–water partition coefficient (Wildman–Crippen LogP) is 1.83. The zero-order valence-electron chi connectivity index (χ0n) is 28.4. The highest BCUT2D eigenvalue weighted by molar-refractivity contribution is 8.00. The first-order chi connectivity index (χ1) is 24.9. The number of thioether (sulfide) groups is 1. The largest absolute Gasteiger partial charge is 0.477 e. The molecule has 4 N–H and O–H groups in total. The van der Waals surface area contributed by atoms with Crippen molar-refractivity contribution in [1.82, 2.24) is 24.7 Å². The first-order valence-electron chi connectivity index (χ1n) is 15.6. The van der Waals surface area contributed by atoms with Crippen LogP contribution in [0.1, 0.15) is 16.1 Å². The molecule has 2 aromatic heterocycles. The van der Waals surface area contributed by atoms with Crippen LogP contribution in [0.4, 0.5) is 24.0 Å². The number of anilines is 2. The van der Waals surface area contributed by atoms with E-state index in [0.29, 0.717) is 26.2 Å². The molecule has 2 atom stereocenters. The summed E-state index contributed by atoms with van der Waals surface area (Å²) in [7, 11) is 3.08. The second-order valence-electron chi connectivity index (χ2n) is 11.8. The van der Waals surface area contributed by atoms with Gasteiger partial charge in [0, 0.05) is 49.1 Å². The van der Waals surface area contributed by atoms with Gasteiger partial charge in [-0.05, 0) is 13.1 Å². The molecule has 0 unspecified atom stereocenters. The van der Waals surface area contributed by atoms with Crippen LogP contribution in [0.3, 0.4) is 0 Å². The normalized spacial score (nSPS) is 18.7. The summed E-state index contributed by atoms with van der Waals surface area (Å²) in [6.07, 6.45) is 0.923. The summed E-state index contributed by atoms with van der Waals surface area (Å²) in [6.45, 7) is -0.459. The zero-order valence-corrected chi connectivity index (χ0v) is 31.6. The summed E-state index contributed by atoms with van der Waals surface area (Å²) in [5.41, 5.74) is 2.53. The molecule has 3 aromatic rings. The quantitative estimate of drug-likeness (QED) is 0.109. The maximum Gasteiger partial charge on any atom is 0.352 e. The number of carboxylic acids is 1. The fourth-order valence-corrected chi connectivity index (χ4v) is 8.01. The predicted molar refractivity (Wildman–Crippen MR) is 198 cm³/mol. The van der Waals surface area contributed by atoms with E-state index >= 15 is 8.78 Å². The number of esters is 1. The van der Waals surface area contributed by atoms with Gasteiger partial charge < -0.3 is 40.1 Å².